The standard InChI is InChI=1S/C18H28O2/c1-15(2,3)14(19)20-12-8-11-18-13(12)17(18,6)10-7-9-16(18,4)5/h8,13H,7,9-11H2,1-6H3/t13?,17-,18-/m0/s1. The zero-order chi connectivity index (χ0) is 15.0. The van der Waals surface area contributed by atoms with Crippen molar-refractivity contribution < 1.29 is 9.53 Å². The summed E-state index contributed by atoms with van der Waals surface area (Å²) in [7, 11) is 0. The molecule has 0 aromatic rings. The third kappa shape index (κ3) is 1.48. The summed E-state index contributed by atoms with van der Waals surface area (Å²) < 4.78 is 5.80. The van der Waals surface area contributed by atoms with Crippen LogP contribution in [0.15, 0.2) is 11.8 Å². The Bertz CT molecular complexity index is 494. The average Bonchev–Trinajstić information content (AvgIpc) is 2.64. The Kier molecular flexibility index (Phi) is 2.62. The lowest BCUT2D eigenvalue weighted by Crippen LogP contribution is -2.33. The molecule has 0 bridgehead atoms. The number of fused-ring (bicyclic) bond motifs is 1. The van der Waals surface area contributed by atoms with Gasteiger partial charge in [-0.3, -0.25) is 4.79 Å². The highest BCUT2D eigenvalue weighted by Gasteiger charge is 2.82. The zero-order valence-electron chi connectivity index (χ0n) is 13.8. The molecule has 0 amide bonds. The molecular weight excluding hydrogens is 248 g/mol. The lowest BCUT2D eigenvalue weighted by molar-refractivity contribution is -0.149. The van der Waals surface area contributed by atoms with Crippen molar-refractivity contribution in [3.63, 3.8) is 0 Å². The highest BCUT2D eigenvalue weighted by atomic mass is 16.5. The van der Waals surface area contributed by atoms with Gasteiger partial charge < -0.3 is 4.74 Å². The number of allylic oxidation sites excluding steroid dienone is 2. The average molecular weight is 276 g/mol. The molecule has 2 saturated carbocycles. The molecule has 0 aromatic carbocycles. The van der Waals surface area contributed by atoms with Crippen LogP contribution >= 0.6 is 0 Å². The van der Waals surface area contributed by atoms with Gasteiger partial charge in [-0.1, -0.05) is 27.2 Å². The second-order valence-corrected chi connectivity index (χ2v) is 9.01. The minimum atomic E-state index is -0.424. The first-order valence-electron chi connectivity index (χ1n) is 7.99. The normalized spacial score (nSPS) is 41.5. The van der Waals surface area contributed by atoms with E-state index in [0.29, 0.717) is 22.2 Å². The van der Waals surface area contributed by atoms with E-state index in [4.69, 9.17) is 4.74 Å². The van der Waals surface area contributed by atoms with Gasteiger partial charge in [-0.2, -0.15) is 0 Å². The SMILES string of the molecule is CC(C)(C)C(=O)OC1=CC[C@@]23C1[C@]2(C)CCCC3(C)C. The molecule has 0 saturated heterocycles. The van der Waals surface area contributed by atoms with Crippen molar-refractivity contribution in [3.05, 3.63) is 11.8 Å². The predicted molar refractivity (Wildman–Crippen MR) is 79.9 cm³/mol. The predicted octanol–water partition coefficient (Wildman–Crippen LogP) is 4.70. The van der Waals surface area contributed by atoms with E-state index in [1.807, 2.05) is 20.8 Å². The third-order valence-electron chi connectivity index (χ3n) is 6.50. The van der Waals surface area contributed by atoms with E-state index in [2.05, 4.69) is 26.8 Å². The van der Waals surface area contributed by atoms with Crippen molar-refractivity contribution in [1.82, 2.24) is 0 Å². The van der Waals surface area contributed by atoms with E-state index < -0.39 is 5.41 Å². The zero-order valence-corrected chi connectivity index (χ0v) is 13.8. The Morgan fingerprint density at radius 1 is 1.25 bits per heavy atom. The summed E-state index contributed by atoms with van der Waals surface area (Å²) in [6.07, 6.45) is 7.18. The summed E-state index contributed by atoms with van der Waals surface area (Å²) >= 11 is 0. The molecule has 112 valence electrons. The highest BCUT2D eigenvalue weighted by molar-refractivity contribution is 5.76. The van der Waals surface area contributed by atoms with Crippen LogP contribution in [0.4, 0.5) is 0 Å². The fourth-order valence-electron chi connectivity index (χ4n) is 5.34. The summed E-state index contributed by atoms with van der Waals surface area (Å²) in [5.41, 5.74) is 0.646. The molecule has 1 unspecified atom stereocenters. The molecular formula is C18H28O2. The van der Waals surface area contributed by atoms with Crippen LogP contribution in [0, 0.1) is 27.6 Å². The van der Waals surface area contributed by atoms with Crippen molar-refractivity contribution in [1.29, 1.82) is 0 Å². The molecule has 2 nitrogen and oxygen atoms in total. The maximum atomic E-state index is 12.2. The molecule has 2 fully saturated rings. The summed E-state index contributed by atoms with van der Waals surface area (Å²) in [6.45, 7) is 13.0. The van der Waals surface area contributed by atoms with Crippen molar-refractivity contribution in [3.8, 4) is 0 Å². The van der Waals surface area contributed by atoms with Gasteiger partial charge in [0.05, 0.1) is 5.41 Å². The summed E-state index contributed by atoms with van der Waals surface area (Å²) in [5, 5.41) is 0. The van der Waals surface area contributed by atoms with Crippen LogP contribution in [0.25, 0.3) is 0 Å². The molecule has 20 heavy (non-hydrogen) atoms. The maximum absolute atomic E-state index is 12.2. The van der Waals surface area contributed by atoms with E-state index in [1.54, 1.807) is 0 Å². The first-order valence-corrected chi connectivity index (χ1v) is 7.99. The number of hydrogen-bond acceptors (Lipinski definition) is 2. The van der Waals surface area contributed by atoms with Gasteiger partial charge >= 0.3 is 5.97 Å². The van der Waals surface area contributed by atoms with Crippen LogP contribution in [0.1, 0.15) is 67.2 Å². The highest BCUT2D eigenvalue weighted by Crippen LogP contribution is 2.86. The maximum Gasteiger partial charge on any atom is 0.316 e. The van der Waals surface area contributed by atoms with E-state index in [1.165, 1.54) is 19.3 Å². The Hall–Kier alpha value is -0.790. The second kappa shape index (κ2) is 3.69. The van der Waals surface area contributed by atoms with Crippen LogP contribution in [-0.2, 0) is 9.53 Å². The van der Waals surface area contributed by atoms with Crippen LogP contribution in [0.5, 0.6) is 0 Å². The Morgan fingerprint density at radius 2 is 1.90 bits per heavy atom. The fourth-order valence-corrected chi connectivity index (χ4v) is 5.34. The molecule has 0 aliphatic heterocycles. The first-order chi connectivity index (χ1) is 9.06. The van der Waals surface area contributed by atoms with Crippen molar-refractivity contribution in [2.75, 3.05) is 0 Å². The number of esters is 1. The summed E-state index contributed by atoms with van der Waals surface area (Å²) in [5.74, 6) is 1.35. The minimum Gasteiger partial charge on any atom is -0.431 e. The van der Waals surface area contributed by atoms with Gasteiger partial charge in [-0.05, 0) is 62.4 Å². The number of hydrogen-bond donors (Lipinski definition) is 0. The molecule has 0 radical (unpaired) electrons. The fraction of sp³-hybridized carbons (Fsp3) is 0.833. The van der Waals surface area contributed by atoms with Gasteiger partial charge in [-0.15, -0.1) is 0 Å². The molecule has 0 N–H and O–H groups in total. The topological polar surface area (TPSA) is 26.3 Å². The number of carbonyl (C=O) groups is 1. The number of carbonyl (C=O) groups excluding carboxylic acids is 1. The largest absolute Gasteiger partial charge is 0.431 e. The summed E-state index contributed by atoms with van der Waals surface area (Å²) in [4.78, 5) is 12.2. The Balaban J connectivity index is 1.85. The third-order valence-corrected chi connectivity index (χ3v) is 6.50. The van der Waals surface area contributed by atoms with Gasteiger partial charge in [0.1, 0.15) is 5.76 Å². The van der Waals surface area contributed by atoms with Crippen LogP contribution < -0.4 is 0 Å². The lowest BCUT2D eigenvalue weighted by atomic mass is 9.63. The molecule has 0 heterocycles. The molecule has 1 spiro atoms. The molecule has 3 atom stereocenters. The van der Waals surface area contributed by atoms with Crippen molar-refractivity contribution in [2.45, 2.75) is 67.2 Å². The van der Waals surface area contributed by atoms with Gasteiger partial charge in [0.25, 0.3) is 0 Å². The van der Waals surface area contributed by atoms with Gasteiger partial charge in [0, 0.05) is 5.92 Å². The lowest BCUT2D eigenvalue weighted by Gasteiger charge is -2.41. The smallest absolute Gasteiger partial charge is 0.316 e. The molecule has 3 rings (SSSR count). The molecule has 3 aliphatic rings. The van der Waals surface area contributed by atoms with E-state index in [-0.39, 0.29) is 5.97 Å². The first kappa shape index (κ1) is 14.2. The van der Waals surface area contributed by atoms with Gasteiger partial charge in [0.2, 0.25) is 0 Å². The monoisotopic (exact) mass is 276 g/mol. The molecule has 3 aliphatic carbocycles. The van der Waals surface area contributed by atoms with Crippen LogP contribution in [-0.4, -0.2) is 5.97 Å². The molecule has 2 heteroatoms. The minimum absolute atomic E-state index is 0.0918. The molecule has 0 aromatic heterocycles. The van der Waals surface area contributed by atoms with Crippen molar-refractivity contribution in [2.24, 2.45) is 27.6 Å². The number of ether oxygens (including phenoxy) is 1. The number of rotatable bonds is 1. The van der Waals surface area contributed by atoms with Crippen molar-refractivity contribution >= 4 is 5.97 Å². The second-order valence-electron chi connectivity index (χ2n) is 9.01. The van der Waals surface area contributed by atoms with Gasteiger partial charge in [-0.25, -0.2) is 0 Å². The Labute approximate surface area is 123 Å². The van der Waals surface area contributed by atoms with E-state index in [9.17, 15) is 4.79 Å². The van der Waals surface area contributed by atoms with Crippen LogP contribution in [0.2, 0.25) is 0 Å². The van der Waals surface area contributed by atoms with Gasteiger partial charge in [0.15, 0.2) is 0 Å². The van der Waals surface area contributed by atoms with E-state index >= 15 is 0 Å². The Morgan fingerprint density at radius 3 is 2.45 bits per heavy atom. The van der Waals surface area contributed by atoms with E-state index in [0.717, 1.165) is 12.2 Å². The van der Waals surface area contributed by atoms with Crippen LogP contribution in [0.3, 0.4) is 0 Å². The summed E-state index contributed by atoms with van der Waals surface area (Å²) in [6, 6.07) is 0. The quantitative estimate of drug-likeness (QED) is 0.649.